The molecule has 1 aliphatic rings. The second kappa shape index (κ2) is 7.14. The highest BCUT2D eigenvalue weighted by Gasteiger charge is 2.21. The van der Waals surface area contributed by atoms with Crippen molar-refractivity contribution in [1.29, 1.82) is 0 Å². The maximum Gasteiger partial charge on any atom is 0.289 e. The van der Waals surface area contributed by atoms with Crippen molar-refractivity contribution in [1.82, 2.24) is 14.5 Å². The van der Waals surface area contributed by atoms with Crippen molar-refractivity contribution in [3.8, 4) is 0 Å². The van der Waals surface area contributed by atoms with Crippen molar-refractivity contribution in [3.63, 3.8) is 0 Å². The fourth-order valence-electron chi connectivity index (χ4n) is 2.77. The summed E-state index contributed by atoms with van der Waals surface area (Å²) < 4.78 is 28.1. The normalized spacial score (nSPS) is 13.6. The van der Waals surface area contributed by atoms with Crippen LogP contribution >= 0.6 is 11.6 Å². The van der Waals surface area contributed by atoms with Gasteiger partial charge in [-0.25, -0.2) is 17.8 Å². The summed E-state index contributed by atoms with van der Waals surface area (Å²) in [6, 6.07) is 4.76. The lowest BCUT2D eigenvalue weighted by Crippen LogP contribution is -2.32. The molecular formula is C15H15ClN4O5S. The van der Waals surface area contributed by atoms with Crippen LogP contribution in [0.2, 0.25) is 5.02 Å². The molecule has 1 aliphatic carbocycles. The van der Waals surface area contributed by atoms with Gasteiger partial charge in [-0.05, 0) is 37.0 Å². The number of benzene rings is 1. The molecule has 26 heavy (non-hydrogen) atoms. The third kappa shape index (κ3) is 3.76. The molecule has 0 atom stereocenters. The van der Waals surface area contributed by atoms with Crippen LogP contribution in [0, 0.1) is 10.1 Å². The Labute approximate surface area is 153 Å². The average Bonchev–Trinajstić information content (AvgIpc) is 3.01. The van der Waals surface area contributed by atoms with Gasteiger partial charge in [0.05, 0.1) is 22.1 Å². The van der Waals surface area contributed by atoms with Gasteiger partial charge in [0, 0.05) is 18.7 Å². The monoisotopic (exact) mass is 398 g/mol. The highest BCUT2D eigenvalue weighted by atomic mass is 35.5. The molecule has 2 aromatic rings. The van der Waals surface area contributed by atoms with Crippen molar-refractivity contribution >= 4 is 27.3 Å². The molecule has 0 saturated carbocycles. The molecule has 138 valence electrons. The lowest BCUT2D eigenvalue weighted by molar-refractivity contribution is -0.384. The molecular weight excluding hydrogens is 384 g/mol. The Morgan fingerprint density at radius 2 is 2.08 bits per heavy atom. The van der Waals surface area contributed by atoms with Crippen LogP contribution in [0.1, 0.15) is 17.7 Å². The smallest absolute Gasteiger partial charge is 0.268 e. The molecule has 0 fully saturated rings. The maximum atomic E-state index is 12.3. The number of fused-ring (bicyclic) bond motifs is 1. The summed E-state index contributed by atoms with van der Waals surface area (Å²) in [5.41, 5.74) is 1.03. The van der Waals surface area contributed by atoms with Crippen LogP contribution in [0.15, 0.2) is 34.0 Å². The largest absolute Gasteiger partial charge is 0.289 e. The van der Waals surface area contributed by atoms with E-state index in [-0.39, 0.29) is 28.6 Å². The van der Waals surface area contributed by atoms with Gasteiger partial charge < -0.3 is 0 Å². The number of hydrogen-bond acceptors (Lipinski definition) is 6. The molecule has 3 rings (SSSR count). The Kier molecular flexibility index (Phi) is 5.08. The number of halogens is 1. The first-order valence-electron chi connectivity index (χ1n) is 7.81. The van der Waals surface area contributed by atoms with Crippen molar-refractivity contribution < 1.29 is 13.3 Å². The highest BCUT2D eigenvalue weighted by molar-refractivity contribution is 7.89. The van der Waals surface area contributed by atoms with E-state index in [0.717, 1.165) is 42.7 Å². The van der Waals surface area contributed by atoms with Gasteiger partial charge in [-0.1, -0.05) is 11.6 Å². The van der Waals surface area contributed by atoms with Crippen molar-refractivity contribution in [2.75, 3.05) is 6.54 Å². The predicted molar refractivity (Wildman–Crippen MR) is 93.8 cm³/mol. The predicted octanol–water partition coefficient (Wildman–Crippen LogP) is 1.27. The Balaban J connectivity index is 1.73. The van der Waals surface area contributed by atoms with E-state index < -0.39 is 20.6 Å². The van der Waals surface area contributed by atoms with Gasteiger partial charge in [0.15, 0.2) is 0 Å². The number of rotatable bonds is 6. The van der Waals surface area contributed by atoms with Crippen LogP contribution in [-0.2, 0) is 29.4 Å². The maximum absolute atomic E-state index is 12.3. The summed E-state index contributed by atoms with van der Waals surface area (Å²) in [6.45, 7) is -0.0223. The number of nitro benzene ring substituents is 1. The first kappa shape index (κ1) is 18.5. The molecule has 1 aromatic heterocycles. The zero-order chi connectivity index (χ0) is 18.9. The minimum Gasteiger partial charge on any atom is -0.268 e. The summed E-state index contributed by atoms with van der Waals surface area (Å²) in [6.07, 6.45) is 2.59. The zero-order valence-electron chi connectivity index (χ0n) is 13.5. The van der Waals surface area contributed by atoms with Crippen LogP contribution < -0.4 is 10.3 Å². The third-order valence-electron chi connectivity index (χ3n) is 4.06. The van der Waals surface area contributed by atoms with E-state index in [1.54, 1.807) is 0 Å². The van der Waals surface area contributed by atoms with Gasteiger partial charge in [0.1, 0.15) is 5.02 Å². The summed E-state index contributed by atoms with van der Waals surface area (Å²) in [4.78, 5) is 21.9. The van der Waals surface area contributed by atoms with Crippen molar-refractivity contribution in [2.45, 2.75) is 30.7 Å². The minimum atomic E-state index is -3.98. The van der Waals surface area contributed by atoms with Crippen LogP contribution in [0.25, 0.3) is 0 Å². The van der Waals surface area contributed by atoms with E-state index in [9.17, 15) is 23.3 Å². The SMILES string of the molecule is O=c1cc2c(nn1CCNS(=O)(=O)c1ccc(Cl)c([N+](=O)[O-])c1)CCC2. The summed E-state index contributed by atoms with van der Waals surface area (Å²) >= 11 is 5.69. The fourth-order valence-corrected chi connectivity index (χ4v) is 4.00. The van der Waals surface area contributed by atoms with E-state index >= 15 is 0 Å². The van der Waals surface area contributed by atoms with E-state index in [0.29, 0.717) is 0 Å². The van der Waals surface area contributed by atoms with E-state index in [1.807, 2.05) is 0 Å². The number of sulfonamides is 1. The van der Waals surface area contributed by atoms with Crippen molar-refractivity contribution in [2.24, 2.45) is 0 Å². The first-order chi connectivity index (χ1) is 12.3. The zero-order valence-corrected chi connectivity index (χ0v) is 15.1. The topological polar surface area (TPSA) is 124 Å². The molecule has 0 saturated heterocycles. The molecule has 11 heteroatoms. The van der Waals surface area contributed by atoms with E-state index in [4.69, 9.17) is 11.6 Å². The molecule has 0 spiro atoms. The summed E-state index contributed by atoms with van der Waals surface area (Å²) in [5, 5.41) is 15.0. The number of nitrogens with zero attached hydrogens (tertiary/aromatic N) is 3. The number of nitrogens with one attached hydrogen (secondary N) is 1. The van der Waals surface area contributed by atoms with Crippen LogP contribution in [0.3, 0.4) is 0 Å². The fraction of sp³-hybridized carbons (Fsp3) is 0.333. The van der Waals surface area contributed by atoms with Crippen molar-refractivity contribution in [3.05, 3.63) is 61.0 Å². The summed E-state index contributed by atoms with van der Waals surface area (Å²) in [5.74, 6) is 0. The van der Waals surface area contributed by atoms with E-state index in [2.05, 4.69) is 9.82 Å². The number of aryl methyl sites for hydroxylation is 2. The average molecular weight is 399 g/mol. The minimum absolute atomic E-state index is 0.0566. The van der Waals surface area contributed by atoms with Gasteiger partial charge in [-0.2, -0.15) is 5.10 Å². The van der Waals surface area contributed by atoms with E-state index in [1.165, 1.54) is 16.8 Å². The molecule has 0 amide bonds. The van der Waals surface area contributed by atoms with Gasteiger partial charge >= 0.3 is 0 Å². The van der Waals surface area contributed by atoms with Gasteiger partial charge in [0.2, 0.25) is 10.0 Å². The molecule has 0 bridgehead atoms. The highest BCUT2D eigenvalue weighted by Crippen LogP contribution is 2.26. The van der Waals surface area contributed by atoms with Crippen LogP contribution in [0.4, 0.5) is 5.69 Å². The lowest BCUT2D eigenvalue weighted by Gasteiger charge is -2.09. The second-order valence-corrected chi connectivity index (χ2v) is 7.97. The number of nitro groups is 1. The molecule has 0 unspecified atom stereocenters. The molecule has 1 heterocycles. The van der Waals surface area contributed by atoms with Gasteiger partial charge in [0.25, 0.3) is 11.2 Å². The third-order valence-corrected chi connectivity index (χ3v) is 5.84. The molecule has 9 nitrogen and oxygen atoms in total. The Bertz CT molecular complexity index is 1030. The Hall–Kier alpha value is -2.30. The first-order valence-corrected chi connectivity index (χ1v) is 9.67. The van der Waals surface area contributed by atoms with Crippen LogP contribution in [-0.4, -0.2) is 29.7 Å². The molecule has 1 aromatic carbocycles. The second-order valence-electron chi connectivity index (χ2n) is 5.80. The summed E-state index contributed by atoms with van der Waals surface area (Å²) in [7, 11) is -3.98. The van der Waals surface area contributed by atoms with Crippen LogP contribution in [0.5, 0.6) is 0 Å². The Morgan fingerprint density at radius 1 is 1.31 bits per heavy atom. The Morgan fingerprint density at radius 3 is 2.81 bits per heavy atom. The molecule has 1 N–H and O–H groups in total. The lowest BCUT2D eigenvalue weighted by atomic mass is 10.2. The van der Waals surface area contributed by atoms with Gasteiger partial charge in [-0.15, -0.1) is 0 Å². The quantitative estimate of drug-likeness (QED) is 0.577. The molecule has 0 radical (unpaired) electrons. The standard InChI is InChI=1S/C15H15ClN4O5S/c16-12-5-4-11(9-14(12)20(22)23)26(24,25)17-6-7-19-15(21)8-10-2-1-3-13(10)18-19/h4-5,8-9,17H,1-3,6-7H2. The molecule has 0 aliphatic heterocycles. The number of aromatic nitrogens is 2. The van der Waals surface area contributed by atoms with Gasteiger partial charge in [-0.3, -0.25) is 14.9 Å². The number of hydrogen-bond donors (Lipinski definition) is 1.